The number of nitrogens with zero attached hydrogens (tertiary/aromatic N) is 2. The van der Waals surface area contributed by atoms with Gasteiger partial charge in [-0.2, -0.15) is 0 Å². The lowest BCUT2D eigenvalue weighted by Crippen LogP contribution is -2.51. The molecule has 4 nitrogen and oxygen atoms in total. The van der Waals surface area contributed by atoms with Crippen molar-refractivity contribution in [2.75, 3.05) is 31.1 Å². The first-order valence-corrected chi connectivity index (χ1v) is 7.39. The molecule has 4 heteroatoms. The van der Waals surface area contributed by atoms with E-state index in [9.17, 15) is 4.79 Å². The molecular formula is C16H22N2O2. The minimum atomic E-state index is -0.0403. The van der Waals surface area contributed by atoms with Crippen molar-refractivity contribution in [1.29, 1.82) is 0 Å². The van der Waals surface area contributed by atoms with Gasteiger partial charge >= 0.3 is 5.97 Å². The third kappa shape index (κ3) is 2.66. The predicted molar refractivity (Wildman–Crippen MR) is 78.9 cm³/mol. The summed E-state index contributed by atoms with van der Waals surface area (Å²) in [6.07, 6.45) is 0.908. The van der Waals surface area contributed by atoms with Gasteiger partial charge in [-0.1, -0.05) is 12.1 Å². The number of esters is 1. The van der Waals surface area contributed by atoms with E-state index in [1.165, 1.54) is 11.3 Å². The van der Waals surface area contributed by atoms with Crippen LogP contribution in [0.5, 0.6) is 0 Å². The van der Waals surface area contributed by atoms with E-state index >= 15 is 0 Å². The molecule has 1 aromatic rings. The molecule has 2 atom stereocenters. The largest absolute Gasteiger partial charge is 0.461 e. The average Bonchev–Trinajstić information content (AvgIpc) is 2.78. The first-order valence-electron chi connectivity index (χ1n) is 7.39. The Morgan fingerprint density at radius 2 is 1.95 bits per heavy atom. The molecule has 2 unspecified atom stereocenters. The zero-order valence-electron chi connectivity index (χ0n) is 12.2. The number of ether oxygens (including phenoxy) is 1. The normalized spacial score (nSPS) is 27.7. The van der Waals surface area contributed by atoms with E-state index in [1.807, 2.05) is 6.92 Å². The number of carbonyl (C=O) groups is 1. The van der Waals surface area contributed by atoms with Gasteiger partial charge in [-0.15, -0.1) is 0 Å². The Morgan fingerprint density at radius 1 is 1.20 bits per heavy atom. The zero-order chi connectivity index (χ0) is 14.1. The molecule has 108 valence electrons. The Morgan fingerprint density at radius 3 is 2.55 bits per heavy atom. The van der Waals surface area contributed by atoms with Crippen molar-refractivity contribution >= 4 is 11.7 Å². The van der Waals surface area contributed by atoms with Gasteiger partial charge in [0.1, 0.15) is 12.1 Å². The second-order valence-electron chi connectivity index (χ2n) is 5.86. The molecule has 2 heterocycles. The van der Waals surface area contributed by atoms with Crippen molar-refractivity contribution in [1.82, 2.24) is 4.90 Å². The van der Waals surface area contributed by atoms with Crippen LogP contribution in [0.2, 0.25) is 0 Å². The molecule has 0 aliphatic carbocycles. The summed E-state index contributed by atoms with van der Waals surface area (Å²) in [5.41, 5.74) is 2.57. The Hall–Kier alpha value is -1.55. The monoisotopic (exact) mass is 274 g/mol. The molecule has 2 aliphatic rings. The minimum Gasteiger partial charge on any atom is -0.461 e. The van der Waals surface area contributed by atoms with Gasteiger partial charge in [0.2, 0.25) is 0 Å². The van der Waals surface area contributed by atoms with E-state index in [-0.39, 0.29) is 18.1 Å². The van der Waals surface area contributed by atoms with Crippen molar-refractivity contribution in [3.63, 3.8) is 0 Å². The van der Waals surface area contributed by atoms with E-state index in [0.717, 1.165) is 32.6 Å². The fourth-order valence-electron chi connectivity index (χ4n) is 3.15. The summed E-state index contributed by atoms with van der Waals surface area (Å²) in [5.74, 6) is -0.0403. The van der Waals surface area contributed by atoms with Crippen LogP contribution in [0.4, 0.5) is 5.69 Å². The van der Waals surface area contributed by atoms with Gasteiger partial charge in [0.15, 0.2) is 0 Å². The first-order chi connectivity index (χ1) is 9.63. The number of aryl methyl sites for hydroxylation is 1. The predicted octanol–water partition coefficient (Wildman–Crippen LogP) is 1.82. The van der Waals surface area contributed by atoms with Crippen LogP contribution in [-0.4, -0.2) is 49.2 Å². The van der Waals surface area contributed by atoms with Gasteiger partial charge in [0, 0.05) is 38.3 Å². The molecule has 20 heavy (non-hydrogen) atoms. The lowest BCUT2D eigenvalue weighted by Gasteiger charge is -2.37. The molecule has 0 spiro atoms. The molecule has 0 aromatic heterocycles. The molecule has 0 bridgehead atoms. The topological polar surface area (TPSA) is 32.8 Å². The van der Waals surface area contributed by atoms with Crippen LogP contribution in [0.25, 0.3) is 0 Å². The number of hydrogen-bond donors (Lipinski definition) is 0. The number of anilines is 1. The second kappa shape index (κ2) is 5.44. The van der Waals surface area contributed by atoms with Gasteiger partial charge in [-0.3, -0.25) is 9.69 Å². The quantitative estimate of drug-likeness (QED) is 0.770. The summed E-state index contributed by atoms with van der Waals surface area (Å²) in [6, 6.07) is 8.59. The molecule has 0 radical (unpaired) electrons. The first kappa shape index (κ1) is 13.4. The van der Waals surface area contributed by atoms with Crippen molar-refractivity contribution in [2.45, 2.75) is 32.4 Å². The molecule has 3 rings (SSSR count). The lowest BCUT2D eigenvalue weighted by atomic mass is 10.1. The van der Waals surface area contributed by atoms with E-state index in [1.54, 1.807) is 0 Å². The van der Waals surface area contributed by atoms with Crippen molar-refractivity contribution in [3.05, 3.63) is 29.8 Å². The van der Waals surface area contributed by atoms with Crippen LogP contribution >= 0.6 is 0 Å². The summed E-state index contributed by atoms with van der Waals surface area (Å²) in [7, 11) is 0. The van der Waals surface area contributed by atoms with Gasteiger partial charge in [-0.25, -0.2) is 0 Å². The molecule has 0 N–H and O–H groups in total. The van der Waals surface area contributed by atoms with Crippen LogP contribution in [-0.2, 0) is 9.53 Å². The standard InChI is InChI=1S/C16H22N2O2/c1-12-4-3-5-14(10-12)17-6-8-18(9-7-17)15-11-13(2)20-16(15)19/h3-5,10,13,15H,6-9,11H2,1-2H3. The van der Waals surface area contributed by atoms with Crippen molar-refractivity contribution in [2.24, 2.45) is 0 Å². The van der Waals surface area contributed by atoms with E-state index in [2.05, 4.69) is 41.0 Å². The van der Waals surface area contributed by atoms with Gasteiger partial charge in [-0.05, 0) is 31.5 Å². The Kier molecular flexibility index (Phi) is 3.66. The Bertz CT molecular complexity index is 495. The maximum absolute atomic E-state index is 11.8. The molecule has 2 saturated heterocycles. The maximum Gasteiger partial charge on any atom is 0.323 e. The SMILES string of the molecule is Cc1cccc(N2CCN(C3CC(C)OC3=O)CC2)c1. The van der Waals surface area contributed by atoms with Gasteiger partial charge in [0.05, 0.1) is 0 Å². The second-order valence-corrected chi connectivity index (χ2v) is 5.86. The van der Waals surface area contributed by atoms with Crippen LogP contribution in [0, 0.1) is 6.92 Å². The van der Waals surface area contributed by atoms with E-state index in [4.69, 9.17) is 4.74 Å². The maximum atomic E-state index is 11.8. The smallest absolute Gasteiger partial charge is 0.323 e. The van der Waals surface area contributed by atoms with Crippen LogP contribution in [0.1, 0.15) is 18.9 Å². The molecule has 1 aromatic carbocycles. The molecule has 0 amide bonds. The Labute approximate surface area is 120 Å². The zero-order valence-corrected chi connectivity index (χ0v) is 12.2. The number of rotatable bonds is 2. The summed E-state index contributed by atoms with van der Waals surface area (Å²) in [4.78, 5) is 16.5. The molecule has 2 aliphatic heterocycles. The van der Waals surface area contributed by atoms with Crippen LogP contribution in [0.15, 0.2) is 24.3 Å². The fraction of sp³-hybridized carbons (Fsp3) is 0.562. The molecular weight excluding hydrogens is 252 g/mol. The van der Waals surface area contributed by atoms with Crippen LogP contribution in [0.3, 0.4) is 0 Å². The van der Waals surface area contributed by atoms with E-state index < -0.39 is 0 Å². The van der Waals surface area contributed by atoms with Crippen LogP contribution < -0.4 is 4.90 Å². The summed E-state index contributed by atoms with van der Waals surface area (Å²) < 4.78 is 5.26. The van der Waals surface area contributed by atoms with Gasteiger partial charge < -0.3 is 9.64 Å². The highest BCUT2D eigenvalue weighted by atomic mass is 16.6. The van der Waals surface area contributed by atoms with Crippen molar-refractivity contribution < 1.29 is 9.53 Å². The number of cyclic esters (lactones) is 1. The number of benzene rings is 1. The third-order valence-electron chi connectivity index (χ3n) is 4.27. The summed E-state index contributed by atoms with van der Waals surface area (Å²) in [6.45, 7) is 7.90. The number of hydrogen-bond acceptors (Lipinski definition) is 4. The summed E-state index contributed by atoms with van der Waals surface area (Å²) in [5, 5.41) is 0. The van der Waals surface area contributed by atoms with E-state index in [0.29, 0.717) is 0 Å². The highest BCUT2D eigenvalue weighted by Crippen LogP contribution is 2.23. The number of piperazine rings is 1. The highest BCUT2D eigenvalue weighted by molar-refractivity contribution is 5.78. The Balaban J connectivity index is 1.61. The summed E-state index contributed by atoms with van der Waals surface area (Å²) >= 11 is 0. The number of carbonyl (C=O) groups excluding carboxylic acids is 1. The highest BCUT2D eigenvalue weighted by Gasteiger charge is 2.37. The van der Waals surface area contributed by atoms with Crippen molar-refractivity contribution in [3.8, 4) is 0 Å². The van der Waals surface area contributed by atoms with Gasteiger partial charge in [0.25, 0.3) is 0 Å². The fourth-order valence-corrected chi connectivity index (χ4v) is 3.15. The molecule has 2 fully saturated rings. The third-order valence-corrected chi connectivity index (χ3v) is 4.27. The minimum absolute atomic E-state index is 0.0235. The lowest BCUT2D eigenvalue weighted by molar-refractivity contribution is -0.144. The molecule has 0 saturated carbocycles. The average molecular weight is 274 g/mol.